The summed E-state index contributed by atoms with van der Waals surface area (Å²) in [6, 6.07) is 5.46. The van der Waals surface area contributed by atoms with Gasteiger partial charge in [0.25, 0.3) is 5.91 Å². The molecule has 6 nitrogen and oxygen atoms in total. The Bertz CT molecular complexity index is 512. The average Bonchev–Trinajstić information content (AvgIpc) is 2.45. The lowest BCUT2D eigenvalue weighted by Crippen LogP contribution is -2.28. The van der Waals surface area contributed by atoms with Crippen LogP contribution in [0.4, 0.5) is 4.39 Å². The van der Waals surface area contributed by atoms with Crippen molar-refractivity contribution >= 4 is 11.9 Å². The second kappa shape index (κ2) is 7.25. The van der Waals surface area contributed by atoms with Gasteiger partial charge in [-0.15, -0.1) is 0 Å². The van der Waals surface area contributed by atoms with Crippen LogP contribution >= 0.6 is 0 Å². The fourth-order valence-electron chi connectivity index (χ4n) is 1.34. The number of methoxy groups -OCH3 is 1. The van der Waals surface area contributed by atoms with E-state index in [1.807, 2.05) is 0 Å². The summed E-state index contributed by atoms with van der Waals surface area (Å²) in [6.45, 7) is 0.0283. The van der Waals surface area contributed by atoms with Crippen molar-refractivity contribution in [3.05, 3.63) is 47.5 Å². The zero-order valence-corrected chi connectivity index (χ0v) is 11.0. The van der Waals surface area contributed by atoms with Crippen molar-refractivity contribution in [2.24, 2.45) is 0 Å². The molecule has 1 N–H and O–H groups in total. The Morgan fingerprint density at radius 2 is 1.90 bits per heavy atom. The van der Waals surface area contributed by atoms with E-state index >= 15 is 0 Å². The zero-order valence-electron chi connectivity index (χ0n) is 11.0. The van der Waals surface area contributed by atoms with Crippen molar-refractivity contribution in [2.45, 2.75) is 6.54 Å². The Balaban J connectivity index is 2.78. The molecule has 20 heavy (non-hydrogen) atoms. The zero-order chi connectivity index (χ0) is 15.1. The molecule has 1 aromatic rings. The summed E-state index contributed by atoms with van der Waals surface area (Å²) in [5.41, 5.74) is 0.618. The first-order valence-electron chi connectivity index (χ1n) is 5.57. The van der Waals surface area contributed by atoms with Crippen molar-refractivity contribution in [2.75, 3.05) is 14.2 Å². The molecule has 0 radical (unpaired) electrons. The van der Waals surface area contributed by atoms with Gasteiger partial charge < -0.3 is 9.84 Å². The molecule has 0 heterocycles. The molecule has 108 valence electrons. The maximum Gasteiger partial charge on any atom is 0.373 e. The Morgan fingerprint density at radius 1 is 1.30 bits per heavy atom. The Labute approximate surface area is 115 Å². The largest absolute Gasteiger partial charge is 0.502 e. The first-order chi connectivity index (χ1) is 9.47. The van der Waals surface area contributed by atoms with Crippen molar-refractivity contribution in [3.63, 3.8) is 0 Å². The van der Waals surface area contributed by atoms with Gasteiger partial charge in [-0.05, 0) is 17.7 Å². The SMILES string of the molecule is COC(=O)/C(O)=C/C(=O)N(Cc1ccc(F)cc1)OC. The first-order valence-corrected chi connectivity index (χ1v) is 5.57. The summed E-state index contributed by atoms with van der Waals surface area (Å²) in [4.78, 5) is 27.6. The van der Waals surface area contributed by atoms with Gasteiger partial charge in [-0.1, -0.05) is 12.1 Å². The molecule has 0 aliphatic rings. The Hall–Kier alpha value is -2.41. The van der Waals surface area contributed by atoms with Gasteiger partial charge in [0, 0.05) is 0 Å². The van der Waals surface area contributed by atoms with Crippen molar-refractivity contribution < 1.29 is 28.7 Å². The maximum atomic E-state index is 12.8. The predicted molar refractivity (Wildman–Crippen MR) is 66.7 cm³/mol. The van der Waals surface area contributed by atoms with Gasteiger partial charge >= 0.3 is 5.97 Å². The number of aliphatic hydroxyl groups excluding tert-OH is 1. The predicted octanol–water partition coefficient (Wildman–Crippen LogP) is 1.33. The highest BCUT2D eigenvalue weighted by molar-refractivity contribution is 5.96. The first kappa shape index (κ1) is 15.6. The van der Waals surface area contributed by atoms with Crippen LogP contribution in [0.2, 0.25) is 0 Å². The molecule has 7 heteroatoms. The highest BCUT2D eigenvalue weighted by Gasteiger charge is 2.16. The number of halogens is 1. The molecule has 0 fully saturated rings. The third-order valence-electron chi connectivity index (χ3n) is 2.36. The topological polar surface area (TPSA) is 76.1 Å². The fourth-order valence-corrected chi connectivity index (χ4v) is 1.34. The van der Waals surface area contributed by atoms with Crippen LogP contribution < -0.4 is 0 Å². The summed E-state index contributed by atoms with van der Waals surface area (Å²) in [6.07, 6.45) is 0.679. The lowest BCUT2D eigenvalue weighted by molar-refractivity contribution is -0.173. The normalized spacial score (nSPS) is 11.1. The highest BCUT2D eigenvalue weighted by atomic mass is 19.1. The number of hydrogen-bond donors (Lipinski definition) is 1. The van der Waals surface area contributed by atoms with E-state index < -0.39 is 23.5 Å². The quantitative estimate of drug-likeness (QED) is 0.382. The third-order valence-corrected chi connectivity index (χ3v) is 2.36. The molecule has 0 aliphatic heterocycles. The number of aliphatic hydroxyl groups is 1. The van der Waals surface area contributed by atoms with E-state index in [4.69, 9.17) is 4.84 Å². The van der Waals surface area contributed by atoms with Crippen molar-refractivity contribution in [3.8, 4) is 0 Å². The third kappa shape index (κ3) is 4.36. The lowest BCUT2D eigenvalue weighted by Gasteiger charge is -2.18. The second-order valence-electron chi connectivity index (χ2n) is 3.71. The van der Waals surface area contributed by atoms with E-state index in [2.05, 4.69) is 4.74 Å². The molecule has 0 bridgehead atoms. The number of hydrogen-bond acceptors (Lipinski definition) is 5. The monoisotopic (exact) mass is 283 g/mol. The van der Waals surface area contributed by atoms with Crippen LogP contribution in [-0.2, 0) is 25.7 Å². The molecular weight excluding hydrogens is 269 g/mol. The van der Waals surface area contributed by atoms with Gasteiger partial charge in [0.2, 0.25) is 5.76 Å². The molecule has 0 saturated heterocycles. The molecule has 0 spiro atoms. The minimum absolute atomic E-state index is 0.0283. The van der Waals surface area contributed by atoms with Crippen LogP contribution in [-0.4, -0.2) is 36.3 Å². The molecule has 1 aromatic carbocycles. The smallest absolute Gasteiger partial charge is 0.373 e. The van der Waals surface area contributed by atoms with E-state index in [1.165, 1.54) is 31.4 Å². The minimum atomic E-state index is -1.03. The maximum absolute atomic E-state index is 12.8. The number of carbonyl (C=O) groups excluding carboxylic acids is 2. The van der Waals surface area contributed by atoms with Crippen molar-refractivity contribution in [1.82, 2.24) is 5.06 Å². The van der Waals surface area contributed by atoms with Gasteiger partial charge in [0.1, 0.15) is 5.82 Å². The summed E-state index contributed by atoms with van der Waals surface area (Å²) in [5, 5.41) is 10.2. The van der Waals surface area contributed by atoms with Gasteiger partial charge in [-0.25, -0.2) is 14.2 Å². The molecule has 0 aromatic heterocycles. The lowest BCUT2D eigenvalue weighted by atomic mass is 10.2. The van der Waals surface area contributed by atoms with E-state index in [-0.39, 0.29) is 6.54 Å². The molecule has 0 aliphatic carbocycles. The van der Waals surface area contributed by atoms with Crippen LogP contribution in [0.3, 0.4) is 0 Å². The number of rotatable bonds is 5. The van der Waals surface area contributed by atoms with E-state index in [1.54, 1.807) is 0 Å². The van der Waals surface area contributed by atoms with Crippen LogP contribution in [0.5, 0.6) is 0 Å². The van der Waals surface area contributed by atoms with E-state index in [0.29, 0.717) is 11.6 Å². The van der Waals surface area contributed by atoms with Gasteiger partial charge in [0.05, 0.1) is 26.8 Å². The van der Waals surface area contributed by atoms with Gasteiger partial charge in [-0.2, -0.15) is 0 Å². The fraction of sp³-hybridized carbons (Fsp3) is 0.231. The number of nitrogens with zero attached hydrogens (tertiary/aromatic N) is 1. The number of amides is 1. The Kier molecular flexibility index (Phi) is 5.67. The van der Waals surface area contributed by atoms with Crippen LogP contribution in [0, 0.1) is 5.82 Å². The average molecular weight is 283 g/mol. The summed E-state index contributed by atoms with van der Waals surface area (Å²) >= 11 is 0. The van der Waals surface area contributed by atoms with Crippen LogP contribution in [0.15, 0.2) is 36.1 Å². The Morgan fingerprint density at radius 3 is 2.40 bits per heavy atom. The summed E-state index contributed by atoms with van der Waals surface area (Å²) in [5.74, 6) is -3.01. The van der Waals surface area contributed by atoms with E-state index in [0.717, 1.165) is 12.2 Å². The second-order valence-corrected chi connectivity index (χ2v) is 3.71. The standard InChI is InChI=1S/C13H14FNO5/c1-19-13(18)11(16)7-12(17)15(20-2)8-9-3-5-10(14)6-4-9/h3-7,16H,8H2,1-2H3/b11-7-. The number of benzene rings is 1. The van der Waals surface area contributed by atoms with Gasteiger partial charge in [0.15, 0.2) is 0 Å². The molecular formula is C13H14FNO5. The van der Waals surface area contributed by atoms with Crippen LogP contribution in [0.25, 0.3) is 0 Å². The molecule has 1 amide bonds. The molecule has 1 rings (SSSR count). The number of hydroxylamine groups is 2. The number of carbonyl (C=O) groups is 2. The van der Waals surface area contributed by atoms with Gasteiger partial charge in [-0.3, -0.25) is 9.63 Å². The minimum Gasteiger partial charge on any atom is -0.502 e. The molecule has 0 unspecified atom stereocenters. The molecule has 0 saturated carbocycles. The number of ether oxygens (including phenoxy) is 1. The van der Waals surface area contributed by atoms with Crippen LogP contribution in [0.1, 0.15) is 5.56 Å². The number of esters is 1. The summed E-state index contributed by atoms with van der Waals surface area (Å²) < 4.78 is 17.0. The summed E-state index contributed by atoms with van der Waals surface area (Å²) in [7, 11) is 2.33. The van der Waals surface area contributed by atoms with E-state index in [9.17, 15) is 19.1 Å². The van der Waals surface area contributed by atoms with Crippen molar-refractivity contribution in [1.29, 1.82) is 0 Å². The highest BCUT2D eigenvalue weighted by Crippen LogP contribution is 2.08. The molecule has 0 atom stereocenters.